The molecular weight excluding hydrogens is 433 g/mol. The van der Waals surface area contributed by atoms with E-state index in [1.807, 2.05) is 6.92 Å². The maximum Gasteiger partial charge on any atom is 0.244 e. The standard InChI is InChI=1S/C23H30FN3O4S/c1-4-5-15-25-23(29)18(2)26(16-19-11-13-20(24)14-12-19)22(28)17-27(32(3,30)31)21-9-7-6-8-10-21/h6-14,18H,4-5,15-17H2,1-3H3,(H,25,29)/t18-/m1/s1. The second-order valence-electron chi connectivity index (χ2n) is 7.57. The van der Waals surface area contributed by atoms with Gasteiger partial charge in [0.2, 0.25) is 21.8 Å². The van der Waals surface area contributed by atoms with Crippen LogP contribution in [-0.4, -0.2) is 50.5 Å². The Hall–Kier alpha value is -2.94. The first-order valence-corrected chi connectivity index (χ1v) is 12.3. The number of para-hydroxylation sites is 1. The molecule has 2 aromatic rings. The van der Waals surface area contributed by atoms with Crippen LogP contribution in [0.3, 0.4) is 0 Å². The number of nitrogens with one attached hydrogen (secondary N) is 1. The fourth-order valence-corrected chi connectivity index (χ4v) is 3.96. The summed E-state index contributed by atoms with van der Waals surface area (Å²) in [7, 11) is -3.75. The first kappa shape index (κ1) is 25.3. The van der Waals surface area contributed by atoms with Gasteiger partial charge in [0.15, 0.2) is 0 Å². The van der Waals surface area contributed by atoms with Crippen LogP contribution in [0.4, 0.5) is 10.1 Å². The van der Waals surface area contributed by atoms with E-state index in [9.17, 15) is 22.4 Å². The summed E-state index contributed by atoms with van der Waals surface area (Å²) in [6.07, 6.45) is 2.74. The predicted octanol–water partition coefficient (Wildman–Crippen LogP) is 2.93. The number of hydrogen-bond acceptors (Lipinski definition) is 4. The summed E-state index contributed by atoms with van der Waals surface area (Å²) >= 11 is 0. The van der Waals surface area contributed by atoms with E-state index in [1.165, 1.54) is 29.2 Å². The molecule has 174 valence electrons. The predicted molar refractivity (Wildman–Crippen MR) is 123 cm³/mol. The molecule has 2 rings (SSSR count). The third-order valence-electron chi connectivity index (χ3n) is 4.99. The Balaban J connectivity index is 2.30. The molecule has 9 heteroatoms. The normalized spacial score (nSPS) is 12.1. The number of halogens is 1. The zero-order valence-corrected chi connectivity index (χ0v) is 19.4. The summed E-state index contributed by atoms with van der Waals surface area (Å²) in [5.74, 6) is -1.29. The van der Waals surface area contributed by atoms with Crippen molar-refractivity contribution in [3.63, 3.8) is 0 Å². The second-order valence-corrected chi connectivity index (χ2v) is 9.48. The lowest BCUT2D eigenvalue weighted by Crippen LogP contribution is -2.51. The van der Waals surface area contributed by atoms with Crippen molar-refractivity contribution < 1.29 is 22.4 Å². The number of unbranched alkanes of at least 4 members (excludes halogenated alkanes) is 1. The molecule has 2 amide bonds. The molecular formula is C23H30FN3O4S. The Kier molecular flexibility index (Phi) is 9.19. The van der Waals surface area contributed by atoms with Crippen molar-refractivity contribution in [3.05, 3.63) is 66.0 Å². The van der Waals surface area contributed by atoms with Gasteiger partial charge in [0.25, 0.3) is 0 Å². The SMILES string of the molecule is CCCCNC(=O)[C@@H](C)N(Cc1ccc(F)cc1)C(=O)CN(c1ccccc1)S(C)(=O)=O. The number of amides is 2. The van der Waals surface area contributed by atoms with Gasteiger partial charge >= 0.3 is 0 Å². The van der Waals surface area contributed by atoms with Crippen molar-refractivity contribution in [2.45, 2.75) is 39.3 Å². The number of carbonyl (C=O) groups excluding carboxylic acids is 2. The van der Waals surface area contributed by atoms with Crippen LogP contribution in [0, 0.1) is 5.82 Å². The maximum absolute atomic E-state index is 13.3. The summed E-state index contributed by atoms with van der Waals surface area (Å²) in [6, 6.07) is 13.1. The Morgan fingerprint density at radius 3 is 2.25 bits per heavy atom. The van der Waals surface area contributed by atoms with Crippen LogP contribution in [0.5, 0.6) is 0 Å². The van der Waals surface area contributed by atoms with Gasteiger partial charge in [-0.25, -0.2) is 12.8 Å². The first-order chi connectivity index (χ1) is 15.1. The molecule has 2 aromatic carbocycles. The molecule has 0 bridgehead atoms. The molecule has 0 radical (unpaired) electrons. The van der Waals surface area contributed by atoms with Crippen LogP contribution in [0.2, 0.25) is 0 Å². The fraction of sp³-hybridized carbons (Fsp3) is 0.391. The van der Waals surface area contributed by atoms with Crippen LogP contribution in [0.15, 0.2) is 54.6 Å². The van der Waals surface area contributed by atoms with E-state index in [0.717, 1.165) is 23.4 Å². The third-order valence-corrected chi connectivity index (χ3v) is 6.13. The molecule has 32 heavy (non-hydrogen) atoms. The van der Waals surface area contributed by atoms with Crippen LogP contribution in [0.1, 0.15) is 32.3 Å². The molecule has 0 unspecified atom stereocenters. The highest BCUT2D eigenvalue weighted by Gasteiger charge is 2.29. The quantitative estimate of drug-likeness (QED) is 0.519. The maximum atomic E-state index is 13.3. The van der Waals surface area contributed by atoms with E-state index in [2.05, 4.69) is 5.32 Å². The zero-order chi connectivity index (χ0) is 23.7. The number of nitrogens with zero attached hydrogens (tertiary/aromatic N) is 2. The number of benzene rings is 2. The van der Waals surface area contributed by atoms with Gasteiger partial charge in [0.05, 0.1) is 11.9 Å². The number of anilines is 1. The van der Waals surface area contributed by atoms with Gasteiger partial charge in [-0.05, 0) is 43.2 Å². The van der Waals surface area contributed by atoms with E-state index in [1.54, 1.807) is 37.3 Å². The summed E-state index contributed by atoms with van der Waals surface area (Å²) in [4.78, 5) is 27.3. The van der Waals surface area contributed by atoms with Crippen LogP contribution < -0.4 is 9.62 Å². The largest absolute Gasteiger partial charge is 0.354 e. The highest BCUT2D eigenvalue weighted by atomic mass is 32.2. The Morgan fingerprint density at radius 2 is 1.69 bits per heavy atom. The minimum atomic E-state index is -3.75. The molecule has 0 saturated carbocycles. The fourth-order valence-electron chi connectivity index (χ4n) is 3.11. The zero-order valence-electron chi connectivity index (χ0n) is 18.6. The van der Waals surface area contributed by atoms with Crippen molar-refractivity contribution in [1.29, 1.82) is 0 Å². The molecule has 1 atom stereocenters. The van der Waals surface area contributed by atoms with E-state index < -0.39 is 34.3 Å². The number of carbonyl (C=O) groups is 2. The lowest BCUT2D eigenvalue weighted by Gasteiger charge is -2.31. The lowest BCUT2D eigenvalue weighted by molar-refractivity contribution is -0.139. The molecule has 0 fully saturated rings. The topological polar surface area (TPSA) is 86.8 Å². The van der Waals surface area contributed by atoms with Crippen molar-refractivity contribution in [3.8, 4) is 0 Å². The summed E-state index contributed by atoms with van der Waals surface area (Å²) in [5, 5.41) is 2.80. The van der Waals surface area contributed by atoms with E-state index in [-0.39, 0.29) is 12.5 Å². The molecule has 7 nitrogen and oxygen atoms in total. The summed E-state index contributed by atoms with van der Waals surface area (Å²) in [6.45, 7) is 3.65. The number of rotatable bonds is 11. The highest BCUT2D eigenvalue weighted by molar-refractivity contribution is 7.92. The van der Waals surface area contributed by atoms with E-state index >= 15 is 0 Å². The van der Waals surface area contributed by atoms with Gasteiger partial charge < -0.3 is 10.2 Å². The highest BCUT2D eigenvalue weighted by Crippen LogP contribution is 2.18. The summed E-state index contributed by atoms with van der Waals surface area (Å²) < 4.78 is 39.1. The smallest absolute Gasteiger partial charge is 0.244 e. The van der Waals surface area contributed by atoms with Gasteiger partial charge in [0, 0.05) is 13.1 Å². The minimum Gasteiger partial charge on any atom is -0.354 e. The lowest BCUT2D eigenvalue weighted by atomic mass is 10.1. The Morgan fingerprint density at radius 1 is 1.06 bits per heavy atom. The van der Waals surface area contributed by atoms with Crippen molar-refractivity contribution >= 4 is 27.5 Å². The molecule has 0 aliphatic carbocycles. The average Bonchev–Trinajstić information content (AvgIpc) is 2.76. The monoisotopic (exact) mass is 463 g/mol. The van der Waals surface area contributed by atoms with Gasteiger partial charge in [-0.1, -0.05) is 43.7 Å². The molecule has 0 spiro atoms. The van der Waals surface area contributed by atoms with Crippen molar-refractivity contribution in [2.75, 3.05) is 23.7 Å². The number of hydrogen-bond donors (Lipinski definition) is 1. The van der Waals surface area contributed by atoms with Crippen LogP contribution in [-0.2, 0) is 26.2 Å². The Labute approximate surface area is 189 Å². The first-order valence-electron chi connectivity index (χ1n) is 10.5. The van der Waals surface area contributed by atoms with E-state index in [0.29, 0.717) is 17.8 Å². The van der Waals surface area contributed by atoms with Gasteiger partial charge in [-0.3, -0.25) is 13.9 Å². The second kappa shape index (κ2) is 11.6. The molecule has 0 aliphatic heterocycles. The van der Waals surface area contributed by atoms with Crippen LogP contribution in [0.25, 0.3) is 0 Å². The third kappa shape index (κ3) is 7.33. The molecule has 0 aliphatic rings. The van der Waals surface area contributed by atoms with E-state index in [4.69, 9.17) is 0 Å². The van der Waals surface area contributed by atoms with Gasteiger partial charge in [-0.2, -0.15) is 0 Å². The molecule has 1 N–H and O–H groups in total. The molecule has 0 aromatic heterocycles. The van der Waals surface area contributed by atoms with Crippen molar-refractivity contribution in [2.24, 2.45) is 0 Å². The number of sulfonamides is 1. The van der Waals surface area contributed by atoms with Crippen LogP contribution >= 0.6 is 0 Å². The van der Waals surface area contributed by atoms with Gasteiger partial charge in [0.1, 0.15) is 18.4 Å². The minimum absolute atomic E-state index is 0.0356. The van der Waals surface area contributed by atoms with Crippen molar-refractivity contribution in [1.82, 2.24) is 10.2 Å². The molecule has 0 saturated heterocycles. The Bertz CT molecular complexity index is 998. The molecule has 0 heterocycles. The summed E-state index contributed by atoms with van der Waals surface area (Å²) in [5.41, 5.74) is 0.976. The average molecular weight is 464 g/mol. The van der Waals surface area contributed by atoms with Gasteiger partial charge in [-0.15, -0.1) is 0 Å².